The minimum Gasteiger partial charge on any atom is -0.484 e. The van der Waals surface area contributed by atoms with E-state index < -0.39 is 0 Å². The maximum atomic E-state index is 11.7. The first kappa shape index (κ1) is 15.6. The molecule has 0 radical (unpaired) electrons. The number of benzene rings is 1. The van der Waals surface area contributed by atoms with Crippen LogP contribution in [0.4, 0.5) is 0 Å². The van der Waals surface area contributed by atoms with E-state index in [2.05, 4.69) is 21.2 Å². The van der Waals surface area contributed by atoms with Gasteiger partial charge in [-0.1, -0.05) is 33.6 Å². The predicted octanol–water partition coefficient (Wildman–Crippen LogP) is 3.79. The molecular formula is C15H19BrClNO2. The molecule has 0 aromatic heterocycles. The number of hydrogen-bond donors (Lipinski definition) is 1. The first-order valence-electron chi connectivity index (χ1n) is 6.92. The molecule has 1 aromatic carbocycles. The second kappa shape index (κ2) is 7.89. The van der Waals surface area contributed by atoms with Gasteiger partial charge >= 0.3 is 0 Å². The fourth-order valence-electron chi connectivity index (χ4n) is 2.34. The van der Waals surface area contributed by atoms with Crippen LogP contribution in [0.5, 0.6) is 5.75 Å². The van der Waals surface area contributed by atoms with Crippen molar-refractivity contribution in [3.8, 4) is 5.75 Å². The largest absolute Gasteiger partial charge is 0.484 e. The van der Waals surface area contributed by atoms with E-state index in [1.165, 1.54) is 25.7 Å². The van der Waals surface area contributed by atoms with E-state index in [-0.39, 0.29) is 12.5 Å². The van der Waals surface area contributed by atoms with Gasteiger partial charge < -0.3 is 10.1 Å². The van der Waals surface area contributed by atoms with Crippen LogP contribution in [0, 0.1) is 5.92 Å². The zero-order valence-corrected chi connectivity index (χ0v) is 13.6. The molecule has 1 aromatic rings. The Bertz CT molecular complexity index is 447. The lowest BCUT2D eigenvalue weighted by Gasteiger charge is -2.25. The summed E-state index contributed by atoms with van der Waals surface area (Å²) >= 11 is 9.48. The molecule has 1 fully saturated rings. The summed E-state index contributed by atoms with van der Waals surface area (Å²) in [5, 5.41) is 3.55. The molecule has 0 saturated heterocycles. The molecule has 1 amide bonds. The Balaban J connectivity index is 1.65. The summed E-state index contributed by atoms with van der Waals surface area (Å²) in [6, 6.07) is 7.06. The van der Waals surface area contributed by atoms with Crippen molar-refractivity contribution in [3.05, 3.63) is 29.3 Å². The van der Waals surface area contributed by atoms with Gasteiger partial charge in [0, 0.05) is 16.4 Å². The molecule has 0 spiro atoms. The van der Waals surface area contributed by atoms with Crippen LogP contribution >= 0.6 is 27.5 Å². The van der Waals surface area contributed by atoms with Gasteiger partial charge in [0.2, 0.25) is 0 Å². The summed E-state index contributed by atoms with van der Waals surface area (Å²) in [6.45, 7) is 0.783. The molecule has 0 heterocycles. The average molecular weight is 361 g/mol. The summed E-state index contributed by atoms with van der Waals surface area (Å²) in [5.41, 5.74) is 0. The van der Waals surface area contributed by atoms with E-state index in [4.69, 9.17) is 16.3 Å². The summed E-state index contributed by atoms with van der Waals surface area (Å²) in [6.07, 6.45) is 4.73. The molecule has 20 heavy (non-hydrogen) atoms. The highest BCUT2D eigenvalue weighted by Gasteiger charge is 2.19. The number of rotatable bonds is 5. The second-order valence-electron chi connectivity index (χ2n) is 5.17. The number of hydrogen-bond acceptors (Lipinski definition) is 2. The van der Waals surface area contributed by atoms with E-state index in [0.717, 1.165) is 6.54 Å². The van der Waals surface area contributed by atoms with Crippen molar-refractivity contribution in [2.24, 2.45) is 5.92 Å². The lowest BCUT2D eigenvalue weighted by Crippen LogP contribution is -2.34. The van der Waals surface area contributed by atoms with Crippen molar-refractivity contribution in [2.45, 2.75) is 30.5 Å². The number of nitrogens with one attached hydrogen (secondary N) is 1. The zero-order chi connectivity index (χ0) is 14.4. The van der Waals surface area contributed by atoms with Gasteiger partial charge in [-0.25, -0.2) is 0 Å². The van der Waals surface area contributed by atoms with Crippen LogP contribution in [0.15, 0.2) is 24.3 Å². The van der Waals surface area contributed by atoms with Gasteiger partial charge in [-0.2, -0.15) is 0 Å². The van der Waals surface area contributed by atoms with Crippen LogP contribution < -0.4 is 10.1 Å². The van der Waals surface area contributed by atoms with Crippen LogP contribution in [-0.2, 0) is 4.79 Å². The van der Waals surface area contributed by atoms with Crippen molar-refractivity contribution in [1.82, 2.24) is 5.32 Å². The van der Waals surface area contributed by atoms with Gasteiger partial charge in [-0.05, 0) is 49.8 Å². The van der Waals surface area contributed by atoms with E-state index in [9.17, 15) is 4.79 Å². The maximum absolute atomic E-state index is 11.7. The van der Waals surface area contributed by atoms with Crippen molar-refractivity contribution in [3.63, 3.8) is 0 Å². The summed E-state index contributed by atoms with van der Waals surface area (Å²) in [7, 11) is 0. The van der Waals surface area contributed by atoms with Gasteiger partial charge in [0.25, 0.3) is 5.91 Å². The quantitative estimate of drug-likeness (QED) is 0.811. The number of alkyl halides is 1. The molecule has 1 aliphatic rings. The highest BCUT2D eigenvalue weighted by Crippen LogP contribution is 2.28. The molecule has 5 heteroatoms. The van der Waals surface area contributed by atoms with Crippen LogP contribution in [-0.4, -0.2) is 23.9 Å². The van der Waals surface area contributed by atoms with E-state index in [1.54, 1.807) is 24.3 Å². The van der Waals surface area contributed by atoms with Gasteiger partial charge in [-0.15, -0.1) is 0 Å². The predicted molar refractivity (Wildman–Crippen MR) is 84.6 cm³/mol. The van der Waals surface area contributed by atoms with E-state index in [0.29, 0.717) is 21.5 Å². The number of halogens is 2. The average Bonchev–Trinajstić information content (AvgIpc) is 2.45. The molecule has 0 bridgehead atoms. The third-order valence-corrected chi connectivity index (χ3v) is 4.68. The van der Waals surface area contributed by atoms with Crippen molar-refractivity contribution < 1.29 is 9.53 Å². The van der Waals surface area contributed by atoms with Gasteiger partial charge in [0.15, 0.2) is 6.61 Å². The van der Waals surface area contributed by atoms with Gasteiger partial charge in [0.1, 0.15) is 5.75 Å². The normalized spacial score (nSPS) is 22.3. The first-order chi connectivity index (χ1) is 9.63. The summed E-state index contributed by atoms with van der Waals surface area (Å²) in [5.74, 6) is 1.14. The molecule has 0 unspecified atom stereocenters. The SMILES string of the molecule is O=C(COc1cccc(Cl)c1)NCC1CCC(Br)CC1. The maximum Gasteiger partial charge on any atom is 0.257 e. The molecule has 3 nitrogen and oxygen atoms in total. The van der Waals surface area contributed by atoms with Crippen LogP contribution in [0.1, 0.15) is 25.7 Å². The monoisotopic (exact) mass is 359 g/mol. The summed E-state index contributed by atoms with van der Waals surface area (Å²) in [4.78, 5) is 12.4. The van der Waals surface area contributed by atoms with E-state index in [1.807, 2.05) is 0 Å². The molecule has 1 aliphatic carbocycles. The number of carbonyl (C=O) groups excluding carboxylic acids is 1. The zero-order valence-electron chi connectivity index (χ0n) is 11.3. The Morgan fingerprint density at radius 3 is 2.80 bits per heavy atom. The van der Waals surface area contributed by atoms with Crippen LogP contribution in [0.3, 0.4) is 0 Å². The van der Waals surface area contributed by atoms with Crippen LogP contribution in [0.25, 0.3) is 0 Å². The Hall–Kier alpha value is -0.740. The Morgan fingerprint density at radius 1 is 1.35 bits per heavy atom. The Kier molecular flexibility index (Phi) is 6.17. The van der Waals surface area contributed by atoms with Gasteiger partial charge in [0.05, 0.1) is 0 Å². The fraction of sp³-hybridized carbons (Fsp3) is 0.533. The minimum atomic E-state index is -0.0778. The van der Waals surface area contributed by atoms with Crippen molar-refractivity contribution >= 4 is 33.4 Å². The topological polar surface area (TPSA) is 38.3 Å². The molecule has 0 atom stereocenters. The first-order valence-corrected chi connectivity index (χ1v) is 8.22. The van der Waals surface area contributed by atoms with Crippen molar-refractivity contribution in [1.29, 1.82) is 0 Å². The minimum absolute atomic E-state index is 0.0358. The van der Waals surface area contributed by atoms with E-state index >= 15 is 0 Å². The number of amides is 1. The number of carbonyl (C=O) groups is 1. The standard InChI is InChI=1S/C15H19BrClNO2/c16-12-6-4-11(5-7-12)9-18-15(19)10-20-14-3-1-2-13(17)8-14/h1-3,8,11-12H,4-7,9-10H2,(H,18,19). The lowest BCUT2D eigenvalue weighted by molar-refractivity contribution is -0.123. The molecule has 1 N–H and O–H groups in total. The molecule has 2 rings (SSSR count). The van der Waals surface area contributed by atoms with Gasteiger partial charge in [-0.3, -0.25) is 4.79 Å². The molecule has 0 aliphatic heterocycles. The Morgan fingerprint density at radius 2 is 2.10 bits per heavy atom. The molecule has 1 saturated carbocycles. The highest BCUT2D eigenvalue weighted by molar-refractivity contribution is 9.09. The number of ether oxygens (including phenoxy) is 1. The lowest BCUT2D eigenvalue weighted by atomic mass is 9.89. The third-order valence-electron chi connectivity index (χ3n) is 3.53. The fourth-order valence-corrected chi connectivity index (χ4v) is 3.05. The van der Waals surface area contributed by atoms with Crippen molar-refractivity contribution in [2.75, 3.05) is 13.2 Å². The molecular weight excluding hydrogens is 342 g/mol. The smallest absolute Gasteiger partial charge is 0.257 e. The highest BCUT2D eigenvalue weighted by atomic mass is 79.9. The third kappa shape index (κ3) is 5.33. The molecule has 110 valence electrons. The Labute approximate surface area is 133 Å². The summed E-state index contributed by atoms with van der Waals surface area (Å²) < 4.78 is 5.40. The second-order valence-corrected chi connectivity index (χ2v) is 6.90. The van der Waals surface area contributed by atoms with Crippen LogP contribution in [0.2, 0.25) is 5.02 Å².